The first-order valence-corrected chi connectivity index (χ1v) is 11.0. The fraction of sp³-hybridized carbons (Fsp3) is 0.167. The lowest BCUT2D eigenvalue weighted by Gasteiger charge is -2.17. The molecule has 7 nitrogen and oxygen atoms in total. The van der Waals surface area contributed by atoms with Crippen LogP contribution in [0.2, 0.25) is 10.0 Å². The molecular weight excluding hydrogens is 461 g/mol. The van der Waals surface area contributed by atoms with E-state index in [-0.39, 0.29) is 5.91 Å². The molecule has 2 N–H and O–H groups in total. The number of amides is 1. The fourth-order valence-electron chi connectivity index (χ4n) is 3.98. The van der Waals surface area contributed by atoms with Crippen molar-refractivity contribution in [2.75, 3.05) is 12.4 Å². The van der Waals surface area contributed by atoms with Crippen molar-refractivity contribution in [2.24, 2.45) is 0 Å². The largest absolute Gasteiger partial charge is 0.495 e. The van der Waals surface area contributed by atoms with Crippen LogP contribution in [0.3, 0.4) is 0 Å². The van der Waals surface area contributed by atoms with Crippen LogP contribution in [0.4, 0.5) is 5.69 Å². The number of hydrogen-bond acceptors (Lipinski definition) is 5. The molecule has 1 fully saturated rings. The van der Waals surface area contributed by atoms with E-state index >= 15 is 0 Å². The van der Waals surface area contributed by atoms with Crippen molar-refractivity contribution in [1.29, 1.82) is 0 Å². The van der Waals surface area contributed by atoms with Gasteiger partial charge in [-0.1, -0.05) is 47.5 Å². The third kappa shape index (κ3) is 4.05. The van der Waals surface area contributed by atoms with Crippen LogP contribution in [0, 0.1) is 0 Å². The second-order valence-electron chi connectivity index (χ2n) is 7.89. The van der Waals surface area contributed by atoms with E-state index in [0.717, 1.165) is 29.5 Å². The molecule has 1 heterocycles. The van der Waals surface area contributed by atoms with Gasteiger partial charge in [0, 0.05) is 16.3 Å². The first-order valence-electron chi connectivity index (χ1n) is 10.3. The molecule has 1 aromatic heterocycles. The van der Waals surface area contributed by atoms with E-state index in [1.165, 1.54) is 0 Å². The summed E-state index contributed by atoms with van der Waals surface area (Å²) in [5.74, 6) is 0.925. The minimum absolute atomic E-state index is 0.0657. The highest BCUT2D eigenvalue weighted by atomic mass is 35.5. The van der Waals surface area contributed by atoms with Crippen LogP contribution >= 0.6 is 23.2 Å². The monoisotopic (exact) mass is 479 g/mol. The minimum atomic E-state index is -0.556. The summed E-state index contributed by atoms with van der Waals surface area (Å²) in [6.07, 6.45) is 1.55. The average Bonchev–Trinajstić information content (AvgIpc) is 3.46. The Morgan fingerprint density at radius 2 is 1.91 bits per heavy atom. The number of carbonyl (C=O) groups is 1. The topological polar surface area (TPSA) is 92.8 Å². The number of H-pyrrole nitrogens is 1. The number of ether oxygens (including phenoxy) is 1. The van der Waals surface area contributed by atoms with Crippen molar-refractivity contribution in [3.8, 4) is 28.3 Å². The predicted molar refractivity (Wildman–Crippen MR) is 128 cm³/mol. The van der Waals surface area contributed by atoms with E-state index in [0.29, 0.717) is 32.9 Å². The molecule has 1 saturated carbocycles. The Morgan fingerprint density at radius 1 is 1.06 bits per heavy atom. The number of hydrogen-bond donors (Lipinski definition) is 2. The van der Waals surface area contributed by atoms with Gasteiger partial charge in [0.1, 0.15) is 5.75 Å². The van der Waals surface area contributed by atoms with Gasteiger partial charge < -0.3 is 10.1 Å². The highest BCUT2D eigenvalue weighted by Crippen LogP contribution is 2.49. The SMILES string of the molecule is COc1ccc(-c2ccc(NC(=O)C3(c4cccc(Cl)c4)CC3)cc2-c2nn[nH]n2)cc1Cl. The maximum absolute atomic E-state index is 13.2. The van der Waals surface area contributed by atoms with Gasteiger partial charge in [0.2, 0.25) is 11.7 Å². The lowest BCUT2D eigenvalue weighted by molar-refractivity contribution is -0.118. The zero-order chi connectivity index (χ0) is 23.0. The standard InChI is InChI=1S/C24H19Cl2N5O2/c1-33-21-8-5-14(11-20(21)26)18-7-6-17(13-19(18)22-28-30-31-29-22)27-23(32)24(9-10-24)15-3-2-4-16(25)12-15/h2-8,11-13H,9-10H2,1H3,(H,27,32)(H,28,29,30,31). The highest BCUT2D eigenvalue weighted by Gasteiger charge is 2.51. The predicted octanol–water partition coefficient (Wildman–Crippen LogP) is 5.52. The number of nitrogens with zero attached hydrogens (tertiary/aromatic N) is 3. The van der Waals surface area contributed by atoms with Gasteiger partial charge >= 0.3 is 0 Å². The Balaban J connectivity index is 1.49. The molecule has 0 aliphatic heterocycles. The van der Waals surface area contributed by atoms with Crippen LogP contribution in [0.5, 0.6) is 5.75 Å². The Morgan fingerprint density at radius 3 is 2.58 bits per heavy atom. The number of anilines is 1. The molecule has 0 atom stereocenters. The summed E-state index contributed by atoms with van der Waals surface area (Å²) < 4.78 is 5.26. The molecule has 1 aliphatic carbocycles. The van der Waals surface area contributed by atoms with Crippen LogP contribution in [-0.2, 0) is 10.2 Å². The molecule has 9 heteroatoms. The molecule has 0 spiro atoms. The third-order valence-electron chi connectivity index (χ3n) is 5.89. The number of aromatic nitrogens is 4. The van der Waals surface area contributed by atoms with E-state index in [1.54, 1.807) is 19.2 Å². The van der Waals surface area contributed by atoms with E-state index in [4.69, 9.17) is 27.9 Å². The summed E-state index contributed by atoms with van der Waals surface area (Å²) in [4.78, 5) is 13.2. The quantitative estimate of drug-likeness (QED) is 0.379. The Kier molecular flexibility index (Phi) is 5.52. The summed E-state index contributed by atoms with van der Waals surface area (Å²) in [6, 6.07) is 18.6. The molecule has 4 aromatic rings. The van der Waals surface area contributed by atoms with Gasteiger partial charge in [0.05, 0.1) is 17.5 Å². The van der Waals surface area contributed by atoms with Crippen LogP contribution in [0.15, 0.2) is 60.7 Å². The summed E-state index contributed by atoms with van der Waals surface area (Å²) in [7, 11) is 1.57. The lowest BCUT2D eigenvalue weighted by atomic mass is 9.94. The molecular formula is C24H19Cl2N5O2. The van der Waals surface area contributed by atoms with Gasteiger partial charge in [-0.3, -0.25) is 4.79 Å². The first-order chi connectivity index (χ1) is 16.0. The van der Waals surface area contributed by atoms with Crippen molar-refractivity contribution in [3.63, 3.8) is 0 Å². The van der Waals surface area contributed by atoms with Crippen LogP contribution < -0.4 is 10.1 Å². The zero-order valence-electron chi connectivity index (χ0n) is 17.6. The smallest absolute Gasteiger partial charge is 0.235 e. The third-order valence-corrected chi connectivity index (χ3v) is 6.42. The van der Waals surface area contributed by atoms with Gasteiger partial charge in [-0.25, -0.2) is 0 Å². The van der Waals surface area contributed by atoms with Crippen molar-refractivity contribution in [1.82, 2.24) is 20.6 Å². The number of carbonyl (C=O) groups excluding carboxylic acids is 1. The maximum Gasteiger partial charge on any atom is 0.235 e. The second kappa shape index (κ2) is 8.50. The van der Waals surface area contributed by atoms with E-state index in [9.17, 15) is 4.79 Å². The molecule has 0 unspecified atom stereocenters. The van der Waals surface area contributed by atoms with Crippen molar-refractivity contribution >= 4 is 34.8 Å². The molecule has 166 valence electrons. The van der Waals surface area contributed by atoms with Gasteiger partial charge in [0.15, 0.2) is 0 Å². The Hall–Kier alpha value is -3.42. The molecule has 0 bridgehead atoms. The Labute approximate surface area is 200 Å². The summed E-state index contributed by atoms with van der Waals surface area (Å²) in [5, 5.41) is 18.6. The molecule has 5 rings (SSSR count). The maximum atomic E-state index is 13.2. The van der Waals surface area contributed by atoms with Gasteiger partial charge in [-0.2, -0.15) is 5.21 Å². The fourth-order valence-corrected chi connectivity index (χ4v) is 4.43. The number of tetrazole rings is 1. The highest BCUT2D eigenvalue weighted by molar-refractivity contribution is 6.32. The molecule has 33 heavy (non-hydrogen) atoms. The summed E-state index contributed by atoms with van der Waals surface area (Å²) in [5.41, 5.74) is 3.41. The average molecular weight is 480 g/mol. The number of methoxy groups -OCH3 is 1. The van der Waals surface area contributed by atoms with E-state index in [2.05, 4.69) is 25.9 Å². The van der Waals surface area contributed by atoms with Crippen molar-refractivity contribution in [2.45, 2.75) is 18.3 Å². The van der Waals surface area contributed by atoms with Gasteiger partial charge in [0.25, 0.3) is 0 Å². The molecule has 3 aromatic carbocycles. The van der Waals surface area contributed by atoms with E-state index < -0.39 is 5.41 Å². The van der Waals surface area contributed by atoms with Gasteiger partial charge in [-0.15, -0.1) is 10.2 Å². The molecule has 1 amide bonds. The van der Waals surface area contributed by atoms with Crippen LogP contribution in [0.1, 0.15) is 18.4 Å². The molecule has 0 radical (unpaired) electrons. The zero-order valence-corrected chi connectivity index (χ0v) is 19.1. The number of benzene rings is 3. The number of halogens is 2. The molecule has 0 saturated heterocycles. The van der Waals surface area contributed by atoms with Crippen molar-refractivity contribution < 1.29 is 9.53 Å². The number of aromatic amines is 1. The summed E-state index contributed by atoms with van der Waals surface area (Å²) >= 11 is 12.5. The number of nitrogens with one attached hydrogen (secondary N) is 2. The van der Waals surface area contributed by atoms with Gasteiger partial charge in [-0.05, 0) is 71.1 Å². The first kappa shape index (κ1) is 21.4. The Bertz CT molecular complexity index is 1340. The second-order valence-corrected chi connectivity index (χ2v) is 8.74. The normalized spacial score (nSPS) is 14.0. The summed E-state index contributed by atoms with van der Waals surface area (Å²) in [6.45, 7) is 0. The van der Waals surface area contributed by atoms with Crippen LogP contribution in [-0.4, -0.2) is 33.6 Å². The lowest BCUT2D eigenvalue weighted by Crippen LogP contribution is -2.27. The van der Waals surface area contributed by atoms with Crippen LogP contribution in [0.25, 0.3) is 22.5 Å². The van der Waals surface area contributed by atoms with Crippen molar-refractivity contribution in [3.05, 3.63) is 76.3 Å². The van der Waals surface area contributed by atoms with E-state index in [1.807, 2.05) is 48.5 Å². The molecule has 1 aliphatic rings. The number of rotatable bonds is 6. The minimum Gasteiger partial charge on any atom is -0.495 e.